The standard InChI is InChI=1S/C12H23OS2.C8H18O3S/c1-2-3-4-5-6-12(13)11-15-9-7-14-8-10-15;1-2-3-4-5-6-7-8-12(9,10)11/h2-11H2,1H3;2-8H2,1H3,(H,9,10,11)/q+1;/p-1. The van der Waals surface area contributed by atoms with Crippen LogP contribution in [0.15, 0.2) is 0 Å². The molecule has 0 aromatic rings. The zero-order valence-electron chi connectivity index (χ0n) is 17.4. The molecular weight excluding hydrogens is 400 g/mol. The lowest BCUT2D eigenvalue weighted by molar-refractivity contribution is -0.116. The molecule has 1 aliphatic heterocycles. The second kappa shape index (κ2) is 18.3. The molecule has 0 saturated carbocycles. The zero-order valence-corrected chi connectivity index (χ0v) is 19.8. The largest absolute Gasteiger partial charge is 0.748 e. The van der Waals surface area contributed by atoms with Crippen LogP contribution in [-0.2, 0) is 25.8 Å². The number of hydrogen-bond donors (Lipinski definition) is 0. The van der Waals surface area contributed by atoms with Gasteiger partial charge in [-0.05, 0) is 23.7 Å². The summed E-state index contributed by atoms with van der Waals surface area (Å²) in [5.41, 5.74) is 0. The van der Waals surface area contributed by atoms with Crippen molar-refractivity contribution in [3.63, 3.8) is 0 Å². The normalized spacial score (nSPS) is 15.2. The average molecular weight is 441 g/mol. The van der Waals surface area contributed by atoms with Crippen molar-refractivity contribution in [1.29, 1.82) is 0 Å². The van der Waals surface area contributed by atoms with Gasteiger partial charge in [-0.15, -0.1) is 0 Å². The summed E-state index contributed by atoms with van der Waals surface area (Å²) in [6.07, 6.45) is 11.7. The third kappa shape index (κ3) is 20.8. The Morgan fingerprint density at radius 1 is 0.889 bits per heavy atom. The van der Waals surface area contributed by atoms with E-state index in [9.17, 15) is 17.8 Å². The number of rotatable bonds is 14. The number of hydrogen-bond acceptors (Lipinski definition) is 5. The van der Waals surface area contributed by atoms with Gasteiger partial charge in [-0.1, -0.05) is 65.2 Å². The SMILES string of the molecule is CCCCCCC(=O)C[S+]1CCSCC1.CCCCCCCCS(=O)(=O)[O-]. The Morgan fingerprint density at radius 2 is 1.41 bits per heavy atom. The minimum atomic E-state index is -3.97. The van der Waals surface area contributed by atoms with Crippen molar-refractivity contribution < 1.29 is 17.8 Å². The van der Waals surface area contributed by atoms with E-state index < -0.39 is 10.1 Å². The van der Waals surface area contributed by atoms with Crippen molar-refractivity contribution in [2.45, 2.75) is 84.5 Å². The van der Waals surface area contributed by atoms with E-state index in [1.807, 2.05) is 11.8 Å². The molecule has 0 N–H and O–H groups in total. The molecule has 1 heterocycles. The predicted molar refractivity (Wildman–Crippen MR) is 121 cm³/mol. The summed E-state index contributed by atoms with van der Waals surface area (Å²) in [5, 5.41) is 0. The molecule has 0 aliphatic carbocycles. The first kappa shape index (κ1) is 27.3. The van der Waals surface area contributed by atoms with Gasteiger partial charge >= 0.3 is 0 Å². The Bertz CT molecular complexity index is 446. The number of carbonyl (C=O) groups is 1. The van der Waals surface area contributed by atoms with Crippen LogP contribution in [0, 0.1) is 0 Å². The van der Waals surface area contributed by atoms with Gasteiger partial charge in [0.25, 0.3) is 0 Å². The smallest absolute Gasteiger partial charge is 0.181 e. The van der Waals surface area contributed by atoms with E-state index >= 15 is 0 Å². The van der Waals surface area contributed by atoms with Crippen LogP contribution in [-0.4, -0.2) is 53.3 Å². The Kier molecular flexibility index (Phi) is 18.5. The fraction of sp³-hybridized carbons (Fsp3) is 0.950. The molecule has 0 aromatic heterocycles. The first-order valence-electron chi connectivity index (χ1n) is 10.6. The third-order valence-electron chi connectivity index (χ3n) is 4.45. The molecule has 1 fully saturated rings. The van der Waals surface area contributed by atoms with E-state index in [0.717, 1.165) is 37.9 Å². The second-order valence-electron chi connectivity index (χ2n) is 7.16. The highest BCUT2D eigenvalue weighted by Crippen LogP contribution is 2.14. The Hall–Kier alpha value is 0.280. The summed E-state index contributed by atoms with van der Waals surface area (Å²) < 4.78 is 30.5. The maximum absolute atomic E-state index is 11.7. The molecule has 7 heteroatoms. The Labute approximate surface area is 175 Å². The van der Waals surface area contributed by atoms with Crippen molar-refractivity contribution in [2.24, 2.45) is 0 Å². The van der Waals surface area contributed by atoms with E-state index in [1.54, 1.807) is 0 Å². The molecule has 1 aliphatic rings. The summed E-state index contributed by atoms with van der Waals surface area (Å²) in [6.45, 7) is 4.34. The van der Waals surface area contributed by atoms with Crippen LogP contribution in [0.4, 0.5) is 0 Å². The van der Waals surface area contributed by atoms with Crippen LogP contribution in [0.2, 0.25) is 0 Å². The van der Waals surface area contributed by atoms with Gasteiger partial charge in [-0.2, -0.15) is 11.8 Å². The van der Waals surface area contributed by atoms with Crippen LogP contribution in [0.5, 0.6) is 0 Å². The van der Waals surface area contributed by atoms with Crippen LogP contribution in [0.25, 0.3) is 0 Å². The lowest BCUT2D eigenvalue weighted by atomic mass is 10.1. The fourth-order valence-corrected chi connectivity index (χ4v) is 7.49. The summed E-state index contributed by atoms with van der Waals surface area (Å²) in [6, 6.07) is 0. The highest BCUT2D eigenvalue weighted by atomic mass is 32.2. The van der Waals surface area contributed by atoms with Gasteiger partial charge in [0.15, 0.2) is 11.5 Å². The van der Waals surface area contributed by atoms with Gasteiger partial charge in [0, 0.05) is 23.7 Å². The number of Topliss-reactive ketones (excluding diaryl/α,β-unsaturated/α-hetero) is 1. The Morgan fingerprint density at radius 3 is 1.96 bits per heavy atom. The lowest BCUT2D eigenvalue weighted by Crippen LogP contribution is -2.27. The van der Waals surface area contributed by atoms with Crippen LogP contribution in [0.3, 0.4) is 0 Å². The molecule has 162 valence electrons. The topological polar surface area (TPSA) is 74.3 Å². The van der Waals surface area contributed by atoms with E-state index in [-0.39, 0.29) is 5.75 Å². The van der Waals surface area contributed by atoms with E-state index in [0.29, 0.717) is 23.1 Å². The lowest BCUT2D eigenvalue weighted by Gasteiger charge is -2.12. The van der Waals surface area contributed by atoms with Crippen molar-refractivity contribution in [1.82, 2.24) is 0 Å². The first-order chi connectivity index (χ1) is 12.9. The number of unbranched alkanes of at least 4 members (excludes halogenated alkanes) is 8. The van der Waals surface area contributed by atoms with Gasteiger partial charge in [0.1, 0.15) is 11.5 Å². The number of carbonyl (C=O) groups excluding carboxylic acids is 1. The maximum Gasteiger partial charge on any atom is 0.181 e. The minimum absolute atomic E-state index is 0.195. The van der Waals surface area contributed by atoms with Crippen molar-refractivity contribution >= 4 is 38.6 Å². The van der Waals surface area contributed by atoms with Crippen LogP contribution >= 0.6 is 11.8 Å². The number of ketones is 1. The molecule has 0 aromatic carbocycles. The molecule has 0 atom stereocenters. The maximum atomic E-state index is 11.7. The quantitative estimate of drug-likeness (QED) is 0.221. The summed E-state index contributed by atoms with van der Waals surface area (Å²) in [4.78, 5) is 11.7. The molecular formula is C20H40O4S3. The van der Waals surface area contributed by atoms with E-state index in [2.05, 4.69) is 13.8 Å². The molecule has 27 heavy (non-hydrogen) atoms. The second-order valence-corrected chi connectivity index (χ2v) is 12.2. The highest BCUT2D eigenvalue weighted by molar-refractivity contribution is 8.05. The molecule has 4 nitrogen and oxygen atoms in total. The van der Waals surface area contributed by atoms with Gasteiger partial charge in [-0.3, -0.25) is 4.79 Å². The summed E-state index contributed by atoms with van der Waals surface area (Å²) >= 11 is 2.05. The van der Waals surface area contributed by atoms with Gasteiger partial charge < -0.3 is 4.55 Å². The van der Waals surface area contributed by atoms with E-state index in [4.69, 9.17) is 0 Å². The average Bonchev–Trinajstić information content (AvgIpc) is 2.62. The summed E-state index contributed by atoms with van der Waals surface area (Å²) in [7, 11) is -3.52. The van der Waals surface area contributed by atoms with Gasteiger partial charge in [0.05, 0.1) is 10.1 Å². The number of thioether (sulfide) groups is 1. The van der Waals surface area contributed by atoms with Crippen LogP contribution in [0.1, 0.15) is 84.5 Å². The van der Waals surface area contributed by atoms with Crippen LogP contribution < -0.4 is 0 Å². The molecule has 0 bridgehead atoms. The molecule has 1 saturated heterocycles. The van der Waals surface area contributed by atoms with Gasteiger partial charge in [0.2, 0.25) is 0 Å². The van der Waals surface area contributed by atoms with E-state index in [1.165, 1.54) is 55.1 Å². The summed E-state index contributed by atoms with van der Waals surface area (Å²) in [5.74, 6) is 6.39. The van der Waals surface area contributed by atoms with Crippen molar-refractivity contribution in [3.05, 3.63) is 0 Å². The fourth-order valence-electron chi connectivity index (χ4n) is 2.81. The zero-order chi connectivity index (χ0) is 20.4. The highest BCUT2D eigenvalue weighted by Gasteiger charge is 2.24. The molecule has 0 radical (unpaired) electrons. The third-order valence-corrected chi connectivity index (χ3v) is 9.04. The monoisotopic (exact) mass is 440 g/mol. The molecule has 0 unspecified atom stereocenters. The molecule has 0 amide bonds. The van der Waals surface area contributed by atoms with Crippen molar-refractivity contribution in [2.75, 3.05) is 34.5 Å². The van der Waals surface area contributed by atoms with Gasteiger partial charge in [-0.25, -0.2) is 8.42 Å². The van der Waals surface area contributed by atoms with Crippen molar-refractivity contribution in [3.8, 4) is 0 Å². The minimum Gasteiger partial charge on any atom is -0.748 e. The molecule has 1 rings (SSSR count). The first-order valence-corrected chi connectivity index (χ1v) is 15.0. The Balaban J connectivity index is 0.000000516. The predicted octanol–water partition coefficient (Wildman–Crippen LogP) is 4.78. The molecule has 0 spiro atoms.